The second-order valence-corrected chi connectivity index (χ2v) is 7.81. The van der Waals surface area contributed by atoms with E-state index in [9.17, 15) is 0 Å². The third kappa shape index (κ3) is 3.40. The maximum Gasteiger partial charge on any atom is 0.0843 e. The standard InChI is InChI=1S/C11H21N5S2/c1-7-8(2)18-11(6-17-7)10(13-12)4-9-5-16(3)15-14-9/h5,7-8,10-11,13H,4,6,12H2,1-3H3. The third-order valence-electron chi connectivity index (χ3n) is 3.32. The molecular weight excluding hydrogens is 266 g/mol. The normalized spacial score (nSPS) is 30.3. The average molecular weight is 287 g/mol. The Balaban J connectivity index is 1.96. The molecule has 7 heteroatoms. The Morgan fingerprint density at radius 3 is 2.89 bits per heavy atom. The lowest BCUT2D eigenvalue weighted by Crippen LogP contribution is -2.47. The molecule has 0 bridgehead atoms. The van der Waals surface area contributed by atoms with Crippen molar-refractivity contribution in [2.75, 3.05) is 5.75 Å². The van der Waals surface area contributed by atoms with Gasteiger partial charge in [-0.3, -0.25) is 16.0 Å². The minimum Gasteiger partial charge on any atom is -0.271 e. The van der Waals surface area contributed by atoms with Crippen LogP contribution in [0.5, 0.6) is 0 Å². The maximum absolute atomic E-state index is 5.71. The van der Waals surface area contributed by atoms with E-state index >= 15 is 0 Å². The van der Waals surface area contributed by atoms with Crippen molar-refractivity contribution in [3.05, 3.63) is 11.9 Å². The van der Waals surface area contributed by atoms with Crippen LogP contribution >= 0.6 is 23.5 Å². The summed E-state index contributed by atoms with van der Waals surface area (Å²) < 4.78 is 1.73. The minimum absolute atomic E-state index is 0.258. The van der Waals surface area contributed by atoms with Crippen molar-refractivity contribution in [3.63, 3.8) is 0 Å². The van der Waals surface area contributed by atoms with Crippen molar-refractivity contribution >= 4 is 23.5 Å². The molecule has 2 rings (SSSR count). The van der Waals surface area contributed by atoms with Crippen molar-refractivity contribution in [2.24, 2.45) is 12.9 Å². The van der Waals surface area contributed by atoms with Gasteiger partial charge in [0.1, 0.15) is 0 Å². The fourth-order valence-corrected chi connectivity index (χ4v) is 5.14. The van der Waals surface area contributed by atoms with E-state index < -0.39 is 0 Å². The quantitative estimate of drug-likeness (QED) is 0.631. The molecule has 0 spiro atoms. The number of hydrazine groups is 1. The van der Waals surface area contributed by atoms with Gasteiger partial charge in [0, 0.05) is 47.2 Å². The molecule has 4 atom stereocenters. The van der Waals surface area contributed by atoms with E-state index in [2.05, 4.69) is 29.6 Å². The van der Waals surface area contributed by atoms with Crippen LogP contribution in [0.3, 0.4) is 0 Å². The van der Waals surface area contributed by atoms with Gasteiger partial charge in [-0.15, -0.1) is 5.10 Å². The van der Waals surface area contributed by atoms with E-state index in [-0.39, 0.29) is 6.04 Å². The van der Waals surface area contributed by atoms with Crippen molar-refractivity contribution in [3.8, 4) is 0 Å². The molecule has 2 heterocycles. The monoisotopic (exact) mass is 287 g/mol. The van der Waals surface area contributed by atoms with Crippen LogP contribution in [0, 0.1) is 0 Å². The summed E-state index contributed by atoms with van der Waals surface area (Å²) in [4.78, 5) is 0. The van der Waals surface area contributed by atoms with Crippen LogP contribution in [-0.4, -0.2) is 42.5 Å². The zero-order chi connectivity index (χ0) is 13.1. The summed E-state index contributed by atoms with van der Waals surface area (Å²) in [6.07, 6.45) is 2.79. The summed E-state index contributed by atoms with van der Waals surface area (Å²) in [6.45, 7) is 4.59. The fraction of sp³-hybridized carbons (Fsp3) is 0.818. The van der Waals surface area contributed by atoms with Gasteiger partial charge >= 0.3 is 0 Å². The Kier molecular flexibility index (Phi) is 4.94. The highest BCUT2D eigenvalue weighted by Gasteiger charge is 2.31. The number of nitrogens with one attached hydrogen (secondary N) is 1. The van der Waals surface area contributed by atoms with Gasteiger partial charge in [-0.25, -0.2) is 0 Å². The van der Waals surface area contributed by atoms with E-state index in [0.29, 0.717) is 10.5 Å². The molecule has 0 aliphatic carbocycles. The molecule has 0 aromatic carbocycles. The van der Waals surface area contributed by atoms with Gasteiger partial charge in [0.15, 0.2) is 0 Å². The van der Waals surface area contributed by atoms with Crippen molar-refractivity contribution < 1.29 is 0 Å². The first-order chi connectivity index (χ1) is 8.60. The first kappa shape index (κ1) is 14.2. The molecule has 0 radical (unpaired) electrons. The number of aryl methyl sites for hydroxylation is 1. The number of aromatic nitrogens is 3. The molecule has 1 aliphatic heterocycles. The summed E-state index contributed by atoms with van der Waals surface area (Å²) in [5.41, 5.74) is 3.95. The number of nitrogens with two attached hydrogens (primary N) is 1. The van der Waals surface area contributed by atoms with Gasteiger partial charge in [0.2, 0.25) is 0 Å². The molecule has 3 N–H and O–H groups in total. The Bertz CT molecular complexity index is 383. The highest BCUT2D eigenvalue weighted by molar-refractivity contribution is 8.07. The van der Waals surface area contributed by atoms with Gasteiger partial charge in [-0.1, -0.05) is 19.1 Å². The average Bonchev–Trinajstić information content (AvgIpc) is 2.75. The van der Waals surface area contributed by atoms with E-state index in [0.717, 1.165) is 23.1 Å². The van der Waals surface area contributed by atoms with Crippen molar-refractivity contribution in [1.29, 1.82) is 0 Å². The Hall–Kier alpha value is -0.240. The van der Waals surface area contributed by atoms with E-state index in [1.54, 1.807) is 4.68 Å². The lowest BCUT2D eigenvalue weighted by Gasteiger charge is -2.35. The maximum atomic E-state index is 5.71. The van der Waals surface area contributed by atoms with Gasteiger partial charge in [-0.05, 0) is 0 Å². The second-order valence-electron chi connectivity index (χ2n) is 4.78. The zero-order valence-electron chi connectivity index (χ0n) is 11.0. The molecular formula is C11H21N5S2. The van der Waals surface area contributed by atoms with Gasteiger partial charge < -0.3 is 0 Å². The van der Waals surface area contributed by atoms with Crippen LogP contribution in [0.25, 0.3) is 0 Å². The van der Waals surface area contributed by atoms with E-state index in [1.165, 1.54) is 0 Å². The summed E-state index contributed by atoms with van der Waals surface area (Å²) >= 11 is 4.07. The minimum atomic E-state index is 0.258. The van der Waals surface area contributed by atoms with Crippen LogP contribution in [-0.2, 0) is 13.5 Å². The lowest BCUT2D eigenvalue weighted by molar-refractivity contribution is 0.516. The highest BCUT2D eigenvalue weighted by atomic mass is 32.2. The van der Waals surface area contributed by atoms with E-state index in [4.69, 9.17) is 5.84 Å². The molecule has 1 aliphatic rings. The van der Waals surface area contributed by atoms with Crippen molar-refractivity contribution in [2.45, 2.75) is 42.1 Å². The topological polar surface area (TPSA) is 68.8 Å². The fourth-order valence-electron chi connectivity index (χ4n) is 2.03. The summed E-state index contributed by atoms with van der Waals surface area (Å²) in [6, 6.07) is 0.258. The van der Waals surface area contributed by atoms with Crippen molar-refractivity contribution in [1.82, 2.24) is 20.4 Å². The van der Waals surface area contributed by atoms with Gasteiger partial charge in [0.25, 0.3) is 0 Å². The lowest BCUT2D eigenvalue weighted by atomic mass is 10.1. The smallest absolute Gasteiger partial charge is 0.0843 e. The molecule has 5 nitrogen and oxygen atoms in total. The molecule has 1 aromatic rings. The first-order valence-electron chi connectivity index (χ1n) is 6.18. The molecule has 1 fully saturated rings. The second kappa shape index (κ2) is 6.27. The third-order valence-corrected chi connectivity index (χ3v) is 6.87. The predicted octanol–water partition coefficient (Wildman–Crippen LogP) is 0.815. The predicted molar refractivity (Wildman–Crippen MR) is 78.6 cm³/mol. The molecule has 0 saturated carbocycles. The number of thioether (sulfide) groups is 2. The summed E-state index contributed by atoms with van der Waals surface area (Å²) in [5, 5.41) is 10.0. The largest absolute Gasteiger partial charge is 0.271 e. The summed E-state index contributed by atoms with van der Waals surface area (Å²) in [7, 11) is 1.89. The van der Waals surface area contributed by atoms with Crippen LogP contribution in [0.4, 0.5) is 0 Å². The van der Waals surface area contributed by atoms with Gasteiger partial charge in [0.05, 0.1) is 5.69 Å². The molecule has 4 unspecified atom stereocenters. The Morgan fingerprint density at radius 1 is 1.56 bits per heavy atom. The number of hydrogen-bond donors (Lipinski definition) is 2. The summed E-state index contributed by atoms with van der Waals surface area (Å²) in [5.74, 6) is 6.85. The molecule has 1 aromatic heterocycles. The van der Waals surface area contributed by atoms with Crippen LogP contribution < -0.4 is 11.3 Å². The number of nitrogens with zero attached hydrogens (tertiary/aromatic N) is 3. The van der Waals surface area contributed by atoms with Crippen LogP contribution in [0.2, 0.25) is 0 Å². The molecule has 102 valence electrons. The van der Waals surface area contributed by atoms with Gasteiger partial charge in [-0.2, -0.15) is 23.5 Å². The SMILES string of the molecule is CC1SCC(C(Cc2cn(C)nn2)NN)SC1C. The van der Waals surface area contributed by atoms with Crippen LogP contribution in [0.15, 0.2) is 6.20 Å². The molecule has 1 saturated heterocycles. The van der Waals surface area contributed by atoms with Crippen LogP contribution in [0.1, 0.15) is 19.5 Å². The first-order valence-corrected chi connectivity index (χ1v) is 8.17. The number of rotatable bonds is 4. The zero-order valence-corrected chi connectivity index (χ0v) is 12.7. The Morgan fingerprint density at radius 2 is 2.33 bits per heavy atom. The molecule has 0 amide bonds. The van der Waals surface area contributed by atoms with E-state index in [1.807, 2.05) is 36.8 Å². The Labute approximate surface area is 117 Å². The highest BCUT2D eigenvalue weighted by Crippen LogP contribution is 2.37. The molecule has 18 heavy (non-hydrogen) atoms. The number of hydrogen-bond acceptors (Lipinski definition) is 6.